The molecule has 0 heterocycles. The van der Waals surface area contributed by atoms with E-state index in [0.29, 0.717) is 6.42 Å². The van der Waals surface area contributed by atoms with E-state index in [1.165, 1.54) is 4.90 Å². The topological polar surface area (TPSA) is 89.9 Å². The van der Waals surface area contributed by atoms with Crippen LogP contribution in [0.15, 0.2) is 12.2 Å². The molecule has 0 aromatic heterocycles. The van der Waals surface area contributed by atoms with Gasteiger partial charge in [0.05, 0.1) is 19.3 Å². The summed E-state index contributed by atoms with van der Waals surface area (Å²) in [6.07, 6.45) is 6.66. The average molecular weight is 286 g/mol. The molecule has 0 fully saturated rings. The van der Waals surface area contributed by atoms with Gasteiger partial charge in [-0.3, -0.25) is 14.5 Å². The lowest BCUT2D eigenvalue weighted by molar-refractivity contribution is -0.139. The lowest BCUT2D eigenvalue weighted by Gasteiger charge is -2.21. The second-order valence-corrected chi connectivity index (χ2v) is 4.83. The Morgan fingerprint density at radius 3 is 2.60 bits per heavy atom. The van der Waals surface area contributed by atoms with Crippen molar-refractivity contribution in [2.24, 2.45) is 0 Å². The molecule has 0 aliphatic carbocycles. The molecule has 6 nitrogen and oxygen atoms in total. The Balaban J connectivity index is 3.97. The van der Waals surface area contributed by atoms with E-state index in [2.05, 4.69) is 12.2 Å². The molecule has 0 bridgehead atoms. The third-order valence-electron chi connectivity index (χ3n) is 2.58. The molecule has 20 heavy (non-hydrogen) atoms. The Morgan fingerprint density at radius 2 is 2.05 bits per heavy atom. The van der Waals surface area contributed by atoms with Crippen molar-refractivity contribution < 1.29 is 19.8 Å². The number of allylic oxidation sites excluding steroid dienone is 1. The van der Waals surface area contributed by atoms with Crippen LogP contribution in [0.4, 0.5) is 0 Å². The van der Waals surface area contributed by atoms with E-state index in [1.807, 2.05) is 12.2 Å². The number of carboxylic acids is 1. The van der Waals surface area contributed by atoms with Gasteiger partial charge in [0.1, 0.15) is 0 Å². The Morgan fingerprint density at radius 1 is 1.35 bits per heavy atom. The van der Waals surface area contributed by atoms with Crippen molar-refractivity contribution in [3.05, 3.63) is 12.2 Å². The number of nitrogens with one attached hydrogen (secondary N) is 1. The predicted octanol–water partition coefficient (Wildman–Crippen LogP) is 0.964. The third kappa shape index (κ3) is 11.7. The molecule has 0 radical (unpaired) electrons. The van der Waals surface area contributed by atoms with Gasteiger partial charge in [-0.2, -0.15) is 0 Å². The molecular formula is C14H26N2O4. The van der Waals surface area contributed by atoms with Crippen LogP contribution in [0, 0.1) is 0 Å². The molecule has 1 atom stereocenters. The molecule has 116 valence electrons. The summed E-state index contributed by atoms with van der Waals surface area (Å²) >= 11 is 0. The first-order valence-electron chi connectivity index (χ1n) is 6.99. The number of aliphatic hydroxyl groups excluding tert-OH is 1. The zero-order valence-corrected chi connectivity index (χ0v) is 12.3. The van der Waals surface area contributed by atoms with E-state index in [9.17, 15) is 14.7 Å². The number of aliphatic hydroxyl groups is 1. The van der Waals surface area contributed by atoms with Gasteiger partial charge < -0.3 is 15.5 Å². The van der Waals surface area contributed by atoms with Gasteiger partial charge in [0, 0.05) is 13.0 Å². The Labute approximate surface area is 120 Å². The number of carbonyl (C=O) groups is 2. The first-order valence-corrected chi connectivity index (χ1v) is 6.99. The summed E-state index contributed by atoms with van der Waals surface area (Å²) < 4.78 is 0. The van der Waals surface area contributed by atoms with Crippen molar-refractivity contribution >= 4 is 11.9 Å². The summed E-state index contributed by atoms with van der Waals surface area (Å²) in [4.78, 5) is 23.7. The predicted molar refractivity (Wildman–Crippen MR) is 77.2 cm³/mol. The second kappa shape index (κ2) is 11.4. The lowest BCUT2D eigenvalue weighted by atomic mass is 10.2. The molecule has 1 unspecified atom stereocenters. The molecule has 0 saturated heterocycles. The van der Waals surface area contributed by atoms with Crippen molar-refractivity contribution in [3.63, 3.8) is 0 Å². The normalized spacial score (nSPS) is 12.8. The maximum atomic E-state index is 11.6. The summed E-state index contributed by atoms with van der Waals surface area (Å²) in [6.45, 7) is 3.81. The molecular weight excluding hydrogens is 260 g/mol. The molecule has 0 rings (SSSR count). The largest absolute Gasteiger partial charge is 0.480 e. The van der Waals surface area contributed by atoms with Gasteiger partial charge in [-0.1, -0.05) is 31.9 Å². The molecule has 3 N–H and O–H groups in total. The van der Waals surface area contributed by atoms with Gasteiger partial charge in [-0.05, 0) is 13.3 Å². The van der Waals surface area contributed by atoms with Gasteiger partial charge in [-0.15, -0.1) is 0 Å². The fourth-order valence-corrected chi connectivity index (χ4v) is 1.65. The van der Waals surface area contributed by atoms with Gasteiger partial charge >= 0.3 is 5.97 Å². The highest BCUT2D eigenvalue weighted by Crippen LogP contribution is 1.96. The van der Waals surface area contributed by atoms with Crippen molar-refractivity contribution in [2.75, 3.05) is 19.8 Å². The highest BCUT2D eigenvalue weighted by molar-refractivity contribution is 5.77. The van der Waals surface area contributed by atoms with E-state index >= 15 is 0 Å². The van der Waals surface area contributed by atoms with Crippen LogP contribution in [0.5, 0.6) is 0 Å². The minimum absolute atomic E-state index is 0.124. The monoisotopic (exact) mass is 286 g/mol. The first kappa shape index (κ1) is 18.6. The molecule has 0 aliphatic heterocycles. The maximum absolute atomic E-state index is 11.6. The van der Waals surface area contributed by atoms with Crippen LogP contribution >= 0.6 is 0 Å². The molecule has 6 heteroatoms. The first-order chi connectivity index (χ1) is 9.45. The fourth-order valence-electron chi connectivity index (χ4n) is 1.65. The van der Waals surface area contributed by atoms with E-state index in [1.54, 1.807) is 6.92 Å². The van der Waals surface area contributed by atoms with Crippen LogP contribution in [0.1, 0.15) is 39.5 Å². The van der Waals surface area contributed by atoms with Crippen LogP contribution in [-0.2, 0) is 9.59 Å². The summed E-state index contributed by atoms with van der Waals surface area (Å²) in [5.74, 6) is -1.14. The second-order valence-electron chi connectivity index (χ2n) is 4.83. The molecule has 0 spiro atoms. The minimum atomic E-state index is -0.987. The SMILES string of the molecule is CCCC/C=C/CC(=O)NCN(CC(=O)O)CC(C)O. The van der Waals surface area contributed by atoms with Crippen molar-refractivity contribution in [3.8, 4) is 0 Å². The fraction of sp³-hybridized carbons (Fsp3) is 0.714. The number of rotatable bonds is 11. The number of carbonyl (C=O) groups excluding carboxylic acids is 1. The van der Waals surface area contributed by atoms with Crippen LogP contribution < -0.4 is 5.32 Å². The summed E-state index contributed by atoms with van der Waals surface area (Å²) in [6, 6.07) is 0. The van der Waals surface area contributed by atoms with Crippen LogP contribution in [0.3, 0.4) is 0 Å². The third-order valence-corrected chi connectivity index (χ3v) is 2.58. The maximum Gasteiger partial charge on any atom is 0.317 e. The molecule has 1 amide bonds. The van der Waals surface area contributed by atoms with Crippen LogP contribution in [0.2, 0.25) is 0 Å². The number of amides is 1. The lowest BCUT2D eigenvalue weighted by Crippen LogP contribution is -2.43. The summed E-state index contributed by atoms with van der Waals surface area (Å²) in [5, 5.41) is 20.7. The average Bonchev–Trinajstić information content (AvgIpc) is 2.34. The number of carboxylic acid groups (broad SMARTS) is 1. The molecule has 0 saturated carbocycles. The zero-order valence-electron chi connectivity index (χ0n) is 12.3. The number of aliphatic carboxylic acids is 1. The number of unbranched alkanes of at least 4 members (excludes halogenated alkanes) is 2. The molecule has 0 aliphatic rings. The summed E-state index contributed by atoms with van der Waals surface area (Å²) in [5.41, 5.74) is 0. The van der Waals surface area contributed by atoms with Crippen molar-refractivity contribution in [1.29, 1.82) is 0 Å². The van der Waals surface area contributed by atoms with Crippen LogP contribution in [-0.4, -0.2) is 52.9 Å². The van der Waals surface area contributed by atoms with Gasteiger partial charge in [0.2, 0.25) is 5.91 Å². The molecule has 0 aromatic carbocycles. The Kier molecular flexibility index (Phi) is 10.6. The van der Waals surface area contributed by atoms with E-state index in [4.69, 9.17) is 5.11 Å². The van der Waals surface area contributed by atoms with Gasteiger partial charge in [0.25, 0.3) is 0 Å². The van der Waals surface area contributed by atoms with E-state index in [0.717, 1.165) is 19.3 Å². The van der Waals surface area contributed by atoms with Gasteiger partial charge in [-0.25, -0.2) is 0 Å². The highest BCUT2D eigenvalue weighted by Gasteiger charge is 2.12. The smallest absolute Gasteiger partial charge is 0.317 e. The van der Waals surface area contributed by atoms with Crippen LogP contribution in [0.25, 0.3) is 0 Å². The van der Waals surface area contributed by atoms with E-state index in [-0.39, 0.29) is 25.7 Å². The van der Waals surface area contributed by atoms with Gasteiger partial charge in [0.15, 0.2) is 0 Å². The van der Waals surface area contributed by atoms with E-state index < -0.39 is 12.1 Å². The standard InChI is InChI=1S/C14H26N2O4/c1-3-4-5-6-7-8-13(18)15-11-16(9-12(2)17)10-14(19)20/h6-7,12,17H,3-5,8-11H2,1-2H3,(H,15,18)(H,19,20)/b7-6+. The number of hydrogen-bond acceptors (Lipinski definition) is 4. The summed E-state index contributed by atoms with van der Waals surface area (Å²) in [7, 11) is 0. The highest BCUT2D eigenvalue weighted by atomic mass is 16.4. The minimum Gasteiger partial charge on any atom is -0.480 e. The Bertz CT molecular complexity index is 316. The number of nitrogens with zero attached hydrogens (tertiary/aromatic N) is 1. The van der Waals surface area contributed by atoms with Crippen molar-refractivity contribution in [2.45, 2.75) is 45.6 Å². The molecule has 0 aromatic rings. The number of hydrogen-bond donors (Lipinski definition) is 3. The zero-order chi connectivity index (χ0) is 15.4. The van der Waals surface area contributed by atoms with Crippen molar-refractivity contribution in [1.82, 2.24) is 10.2 Å². The Hall–Kier alpha value is -1.40. The quantitative estimate of drug-likeness (QED) is 0.299.